The Balaban J connectivity index is 2.09. The van der Waals surface area contributed by atoms with E-state index in [0.29, 0.717) is 19.3 Å². The number of ether oxygens (including phenoxy) is 2. The van der Waals surface area contributed by atoms with Crippen LogP contribution in [0.1, 0.15) is 40.0 Å². The van der Waals surface area contributed by atoms with Crippen molar-refractivity contribution in [3.8, 4) is 12.3 Å². The van der Waals surface area contributed by atoms with Crippen molar-refractivity contribution in [1.82, 2.24) is 0 Å². The Labute approximate surface area is 113 Å². The number of hydrogen-bond acceptors (Lipinski definition) is 4. The third-order valence-electron chi connectivity index (χ3n) is 4.10. The summed E-state index contributed by atoms with van der Waals surface area (Å²) in [7, 11) is 0. The first-order valence-corrected chi connectivity index (χ1v) is 6.73. The van der Waals surface area contributed by atoms with Crippen LogP contribution in [0.3, 0.4) is 0 Å². The van der Waals surface area contributed by atoms with E-state index < -0.39 is 11.5 Å². The van der Waals surface area contributed by atoms with Gasteiger partial charge in [0.25, 0.3) is 0 Å². The van der Waals surface area contributed by atoms with Gasteiger partial charge in [0.2, 0.25) is 0 Å². The van der Waals surface area contributed by atoms with Crippen molar-refractivity contribution in [2.45, 2.75) is 51.7 Å². The van der Waals surface area contributed by atoms with Gasteiger partial charge in [-0.25, -0.2) is 0 Å². The van der Waals surface area contributed by atoms with Gasteiger partial charge in [-0.3, -0.25) is 9.59 Å². The second-order valence-electron chi connectivity index (χ2n) is 6.04. The average Bonchev–Trinajstić information content (AvgIpc) is 2.49. The molecule has 1 saturated carbocycles. The molecular weight excluding hydrogens is 244 g/mol. The van der Waals surface area contributed by atoms with Crippen LogP contribution in [0.4, 0.5) is 0 Å². The molecule has 0 aromatic rings. The third kappa shape index (κ3) is 2.60. The minimum atomic E-state index is -0.400. The smallest absolute Gasteiger partial charge is 0.310 e. The van der Waals surface area contributed by atoms with Crippen molar-refractivity contribution >= 4 is 11.9 Å². The van der Waals surface area contributed by atoms with E-state index in [0.717, 1.165) is 0 Å². The number of terminal acetylenes is 1. The van der Waals surface area contributed by atoms with Crippen LogP contribution in [0.5, 0.6) is 0 Å². The number of carbonyl (C=O) groups excluding carboxylic acids is 2. The van der Waals surface area contributed by atoms with Crippen molar-refractivity contribution in [2.75, 3.05) is 0 Å². The molecule has 4 heteroatoms. The Morgan fingerprint density at radius 1 is 1.63 bits per heavy atom. The fraction of sp³-hybridized carbons (Fsp3) is 0.733. The normalized spacial score (nSPS) is 38.2. The van der Waals surface area contributed by atoms with E-state index in [1.54, 1.807) is 6.92 Å². The first-order chi connectivity index (χ1) is 8.86. The lowest BCUT2D eigenvalue weighted by molar-refractivity contribution is -0.160. The van der Waals surface area contributed by atoms with Crippen LogP contribution in [-0.2, 0) is 19.1 Å². The topological polar surface area (TPSA) is 52.6 Å². The minimum Gasteiger partial charge on any atom is -0.461 e. The Bertz CT molecular complexity index is 436. The molecule has 0 spiro atoms. The summed E-state index contributed by atoms with van der Waals surface area (Å²) < 4.78 is 10.7. The zero-order chi connectivity index (χ0) is 14.2. The van der Waals surface area contributed by atoms with Gasteiger partial charge in [0.05, 0.1) is 11.8 Å². The van der Waals surface area contributed by atoms with E-state index in [2.05, 4.69) is 5.92 Å². The highest BCUT2D eigenvalue weighted by atomic mass is 16.6. The Kier molecular flexibility index (Phi) is 3.58. The molecule has 0 aromatic heterocycles. The molecule has 2 fully saturated rings. The van der Waals surface area contributed by atoms with E-state index >= 15 is 0 Å². The Hall–Kier alpha value is -1.50. The van der Waals surface area contributed by atoms with E-state index in [1.807, 2.05) is 13.8 Å². The molecule has 5 atom stereocenters. The molecule has 2 aliphatic rings. The van der Waals surface area contributed by atoms with Crippen molar-refractivity contribution in [2.24, 2.45) is 17.8 Å². The summed E-state index contributed by atoms with van der Waals surface area (Å²) in [6.45, 7) is 5.68. The van der Waals surface area contributed by atoms with Crippen LogP contribution in [0.2, 0.25) is 0 Å². The van der Waals surface area contributed by atoms with Gasteiger partial charge in [-0.1, -0.05) is 6.92 Å². The quantitative estimate of drug-likeness (QED) is 0.577. The summed E-state index contributed by atoms with van der Waals surface area (Å²) in [6, 6.07) is 0. The number of hydrogen-bond donors (Lipinski definition) is 0. The van der Waals surface area contributed by atoms with Crippen LogP contribution in [0, 0.1) is 30.1 Å². The second-order valence-corrected chi connectivity index (χ2v) is 6.04. The maximum Gasteiger partial charge on any atom is 0.310 e. The maximum absolute atomic E-state index is 12.2. The molecule has 1 aliphatic carbocycles. The van der Waals surface area contributed by atoms with E-state index in [1.165, 1.54) is 0 Å². The van der Waals surface area contributed by atoms with Crippen LogP contribution >= 0.6 is 0 Å². The van der Waals surface area contributed by atoms with Crippen LogP contribution < -0.4 is 0 Å². The highest BCUT2D eigenvalue weighted by molar-refractivity contribution is 5.84. The monoisotopic (exact) mass is 264 g/mol. The van der Waals surface area contributed by atoms with Gasteiger partial charge >= 0.3 is 11.9 Å². The molecule has 104 valence electrons. The summed E-state index contributed by atoms with van der Waals surface area (Å²) in [5, 5.41) is 0. The van der Waals surface area contributed by atoms with Gasteiger partial charge < -0.3 is 9.47 Å². The van der Waals surface area contributed by atoms with Gasteiger partial charge in [0.1, 0.15) is 11.7 Å². The zero-order valence-corrected chi connectivity index (χ0v) is 11.6. The van der Waals surface area contributed by atoms with Crippen molar-refractivity contribution in [3.05, 3.63) is 0 Å². The summed E-state index contributed by atoms with van der Waals surface area (Å²) >= 11 is 0. The predicted molar refractivity (Wildman–Crippen MR) is 68.9 cm³/mol. The largest absolute Gasteiger partial charge is 0.461 e. The van der Waals surface area contributed by atoms with Crippen molar-refractivity contribution in [3.63, 3.8) is 0 Å². The van der Waals surface area contributed by atoms with Gasteiger partial charge in [-0.05, 0) is 26.2 Å². The van der Waals surface area contributed by atoms with E-state index in [4.69, 9.17) is 15.9 Å². The highest BCUT2D eigenvalue weighted by Crippen LogP contribution is 2.48. The van der Waals surface area contributed by atoms with Crippen molar-refractivity contribution < 1.29 is 19.1 Å². The molecule has 0 unspecified atom stereocenters. The van der Waals surface area contributed by atoms with Crippen molar-refractivity contribution in [1.29, 1.82) is 0 Å². The highest BCUT2D eigenvalue weighted by Gasteiger charge is 2.56. The first kappa shape index (κ1) is 13.9. The maximum atomic E-state index is 12.2. The lowest BCUT2D eigenvalue weighted by atomic mass is 9.69. The molecule has 0 aromatic carbocycles. The molecule has 4 nitrogen and oxygen atoms in total. The molecular formula is C15H20O4. The van der Waals surface area contributed by atoms with Gasteiger partial charge in [-0.15, -0.1) is 12.3 Å². The van der Waals surface area contributed by atoms with Gasteiger partial charge in [0.15, 0.2) is 0 Å². The predicted octanol–water partition coefficient (Wildman–Crippen LogP) is 1.92. The standard InChI is InChI=1S/C15H20O4/c1-5-6-10(3)18-14(17)12-9(2)7-15(4)8-11(12)13(16)19-15/h1,9-12H,6-8H2,2-4H3/t9-,10+,11-,12-,15-/m0/s1. The fourth-order valence-electron chi connectivity index (χ4n) is 3.39. The molecule has 19 heavy (non-hydrogen) atoms. The van der Waals surface area contributed by atoms with Gasteiger partial charge in [0, 0.05) is 12.8 Å². The molecule has 2 bridgehead atoms. The summed E-state index contributed by atoms with van der Waals surface area (Å²) in [4.78, 5) is 24.1. The molecule has 0 amide bonds. The SMILES string of the molecule is C#CC[C@@H](C)OC(=O)[C@@H]1[C@@H]2C[C@](C)(C[C@@H]1C)OC2=O. The van der Waals surface area contributed by atoms with Gasteiger partial charge in [-0.2, -0.15) is 0 Å². The lowest BCUT2D eigenvalue weighted by Gasteiger charge is -2.35. The molecule has 2 rings (SSSR count). The second kappa shape index (κ2) is 4.88. The van der Waals surface area contributed by atoms with Crippen LogP contribution in [0.15, 0.2) is 0 Å². The Morgan fingerprint density at radius 2 is 2.32 bits per heavy atom. The number of rotatable bonds is 3. The molecule has 1 saturated heterocycles. The van der Waals surface area contributed by atoms with E-state index in [9.17, 15) is 9.59 Å². The summed E-state index contributed by atoms with van der Waals surface area (Å²) in [5.41, 5.74) is -0.400. The fourth-order valence-corrected chi connectivity index (χ4v) is 3.39. The lowest BCUT2D eigenvalue weighted by Crippen LogP contribution is -2.41. The third-order valence-corrected chi connectivity index (χ3v) is 4.10. The van der Waals surface area contributed by atoms with Crippen LogP contribution in [0.25, 0.3) is 0 Å². The number of carbonyl (C=O) groups is 2. The minimum absolute atomic E-state index is 0.0840. The average molecular weight is 264 g/mol. The molecule has 0 radical (unpaired) electrons. The Morgan fingerprint density at radius 3 is 2.95 bits per heavy atom. The van der Waals surface area contributed by atoms with E-state index in [-0.39, 0.29) is 29.9 Å². The molecule has 1 aliphatic heterocycles. The number of fused-ring (bicyclic) bond motifs is 2. The molecule has 1 heterocycles. The zero-order valence-electron chi connectivity index (χ0n) is 11.6. The summed E-state index contributed by atoms with van der Waals surface area (Å²) in [5.74, 6) is 1.21. The van der Waals surface area contributed by atoms with Crippen LogP contribution in [-0.4, -0.2) is 23.6 Å². The molecule has 0 N–H and O–H groups in total. The first-order valence-electron chi connectivity index (χ1n) is 6.73. The number of esters is 2. The summed E-state index contributed by atoms with van der Waals surface area (Å²) in [6.07, 6.45) is 6.59.